The Labute approximate surface area is 209 Å². The number of aromatic nitrogens is 2. The topological polar surface area (TPSA) is 85.9 Å². The predicted octanol–water partition coefficient (Wildman–Crippen LogP) is 4.05. The maximum Gasteiger partial charge on any atom is 0.244 e. The van der Waals surface area contributed by atoms with Crippen molar-refractivity contribution in [1.29, 1.82) is 0 Å². The molecule has 0 radical (unpaired) electrons. The molecular formula is C26H31ClN6O2. The van der Waals surface area contributed by atoms with Crippen molar-refractivity contribution in [2.75, 3.05) is 38.1 Å². The number of nitrogens with zero attached hydrogens (tertiary/aromatic N) is 4. The van der Waals surface area contributed by atoms with Crippen molar-refractivity contribution in [2.45, 2.75) is 50.8 Å². The third-order valence-corrected chi connectivity index (χ3v) is 7.70. The van der Waals surface area contributed by atoms with Gasteiger partial charge < -0.3 is 19.9 Å². The quantitative estimate of drug-likeness (QED) is 0.571. The molecular weight excluding hydrogens is 464 g/mol. The number of amides is 1. The van der Waals surface area contributed by atoms with Gasteiger partial charge in [0.1, 0.15) is 11.9 Å². The average Bonchev–Trinajstić information content (AvgIpc) is 3.40. The van der Waals surface area contributed by atoms with Crippen molar-refractivity contribution < 1.29 is 9.53 Å². The summed E-state index contributed by atoms with van der Waals surface area (Å²) in [5.74, 6) is 1.01. The molecule has 2 atom stereocenters. The summed E-state index contributed by atoms with van der Waals surface area (Å²) in [6.45, 7) is 7.73. The summed E-state index contributed by atoms with van der Waals surface area (Å²) < 4.78 is 6.10. The van der Waals surface area contributed by atoms with Gasteiger partial charge in [-0.2, -0.15) is 0 Å². The number of nitrogens with one attached hydrogen (secondary N) is 2. The molecule has 2 fully saturated rings. The SMILES string of the molecule is CC1(C)CN(CC2=NCC3CCCCN23)[C@H](C(=O)Nc2cc(Cl)cc3c2[nH]c2cnccc23)CO1. The van der Waals surface area contributed by atoms with Gasteiger partial charge in [-0.25, -0.2) is 0 Å². The summed E-state index contributed by atoms with van der Waals surface area (Å²) in [5, 5.41) is 5.69. The second kappa shape index (κ2) is 8.76. The van der Waals surface area contributed by atoms with E-state index in [1.165, 1.54) is 19.3 Å². The average molecular weight is 495 g/mol. The van der Waals surface area contributed by atoms with E-state index in [2.05, 4.69) is 38.9 Å². The van der Waals surface area contributed by atoms with Gasteiger partial charge in [-0.15, -0.1) is 0 Å². The van der Waals surface area contributed by atoms with Crippen LogP contribution in [0.15, 0.2) is 35.6 Å². The highest BCUT2D eigenvalue weighted by Gasteiger charge is 2.40. The Hall–Kier alpha value is -2.68. The van der Waals surface area contributed by atoms with E-state index in [0.29, 0.717) is 36.4 Å². The maximum absolute atomic E-state index is 13.7. The van der Waals surface area contributed by atoms with E-state index in [-0.39, 0.29) is 11.5 Å². The van der Waals surface area contributed by atoms with Gasteiger partial charge in [-0.3, -0.25) is 19.7 Å². The Morgan fingerprint density at radius 2 is 2.20 bits per heavy atom. The Morgan fingerprint density at radius 3 is 3.09 bits per heavy atom. The van der Waals surface area contributed by atoms with E-state index in [9.17, 15) is 4.79 Å². The van der Waals surface area contributed by atoms with Crippen molar-refractivity contribution in [3.8, 4) is 0 Å². The van der Waals surface area contributed by atoms with Crippen LogP contribution in [0.2, 0.25) is 5.02 Å². The molecule has 6 rings (SSSR count). The summed E-state index contributed by atoms with van der Waals surface area (Å²) in [6.07, 6.45) is 7.23. The Morgan fingerprint density at radius 1 is 1.31 bits per heavy atom. The minimum atomic E-state index is -0.422. The monoisotopic (exact) mass is 494 g/mol. The molecule has 5 heterocycles. The second-order valence-corrected chi connectivity index (χ2v) is 10.9. The van der Waals surface area contributed by atoms with Gasteiger partial charge in [0.05, 0.1) is 48.2 Å². The lowest BCUT2D eigenvalue weighted by molar-refractivity contribution is -0.141. The first-order chi connectivity index (χ1) is 16.9. The van der Waals surface area contributed by atoms with Crippen molar-refractivity contribution in [3.05, 3.63) is 35.6 Å². The lowest BCUT2D eigenvalue weighted by atomic mass is 10.0. The number of hydrogen-bond acceptors (Lipinski definition) is 6. The Bertz CT molecular complexity index is 1320. The summed E-state index contributed by atoms with van der Waals surface area (Å²) in [6, 6.07) is 5.76. The molecule has 2 aromatic heterocycles. The Kier molecular flexibility index (Phi) is 5.70. The number of hydrogen-bond donors (Lipinski definition) is 2. The van der Waals surface area contributed by atoms with Crippen LogP contribution in [0.4, 0.5) is 5.69 Å². The highest BCUT2D eigenvalue weighted by atomic mass is 35.5. The highest BCUT2D eigenvalue weighted by molar-refractivity contribution is 6.33. The zero-order chi connectivity index (χ0) is 24.2. The summed E-state index contributed by atoms with van der Waals surface area (Å²) >= 11 is 6.46. The molecule has 1 unspecified atom stereocenters. The number of ether oxygens (including phenoxy) is 1. The van der Waals surface area contributed by atoms with E-state index >= 15 is 0 Å². The van der Waals surface area contributed by atoms with Gasteiger partial charge in [0.2, 0.25) is 5.91 Å². The fourth-order valence-corrected chi connectivity index (χ4v) is 5.97. The molecule has 1 aromatic carbocycles. The van der Waals surface area contributed by atoms with Crippen LogP contribution in [0.3, 0.4) is 0 Å². The number of aromatic amines is 1. The number of fused-ring (bicyclic) bond motifs is 4. The zero-order valence-corrected chi connectivity index (χ0v) is 20.9. The number of anilines is 1. The summed E-state index contributed by atoms with van der Waals surface area (Å²) in [5.41, 5.74) is 2.07. The van der Waals surface area contributed by atoms with Gasteiger partial charge in [0.15, 0.2) is 0 Å². The van der Waals surface area contributed by atoms with Crippen LogP contribution in [0.25, 0.3) is 21.8 Å². The number of carbonyl (C=O) groups is 1. The number of amidine groups is 1. The van der Waals surface area contributed by atoms with Gasteiger partial charge in [-0.1, -0.05) is 11.6 Å². The molecule has 3 aliphatic rings. The van der Waals surface area contributed by atoms with E-state index in [0.717, 1.165) is 40.7 Å². The predicted molar refractivity (Wildman–Crippen MR) is 139 cm³/mol. The van der Waals surface area contributed by atoms with E-state index in [4.69, 9.17) is 21.3 Å². The first-order valence-electron chi connectivity index (χ1n) is 12.4. The van der Waals surface area contributed by atoms with Crippen molar-refractivity contribution >= 4 is 50.8 Å². The van der Waals surface area contributed by atoms with E-state index < -0.39 is 6.04 Å². The molecule has 3 aromatic rings. The molecule has 2 saturated heterocycles. The Balaban J connectivity index is 1.27. The zero-order valence-electron chi connectivity index (χ0n) is 20.2. The number of morpholine rings is 1. The highest BCUT2D eigenvalue weighted by Crippen LogP contribution is 2.34. The van der Waals surface area contributed by atoms with Gasteiger partial charge in [0.25, 0.3) is 0 Å². The van der Waals surface area contributed by atoms with Crippen molar-refractivity contribution in [3.63, 3.8) is 0 Å². The third kappa shape index (κ3) is 4.28. The standard InChI is InChI=1S/C26H31ClN6O2/c1-26(2)15-32(13-23-29-11-17-5-3-4-8-33(17)23)22(14-35-26)25(34)31-20-10-16(27)9-19-18-6-7-28-12-21(18)30-24(19)20/h6-7,9-10,12,17,22,30H,3-5,8,11,13-15H2,1-2H3,(H,31,34)/t17?,22-/m0/s1. The fraction of sp³-hybridized carbons (Fsp3) is 0.500. The van der Waals surface area contributed by atoms with Crippen LogP contribution in [0.5, 0.6) is 0 Å². The molecule has 35 heavy (non-hydrogen) atoms. The van der Waals surface area contributed by atoms with Gasteiger partial charge in [0, 0.05) is 41.1 Å². The molecule has 0 spiro atoms. The van der Waals surface area contributed by atoms with Crippen LogP contribution in [-0.2, 0) is 9.53 Å². The van der Waals surface area contributed by atoms with Gasteiger partial charge in [-0.05, 0) is 51.3 Å². The molecule has 2 N–H and O–H groups in total. The minimum absolute atomic E-state index is 0.102. The number of rotatable bonds is 4. The smallest absolute Gasteiger partial charge is 0.244 e. The molecule has 3 aliphatic heterocycles. The fourth-order valence-electron chi connectivity index (χ4n) is 5.75. The van der Waals surface area contributed by atoms with Crippen molar-refractivity contribution in [2.24, 2.45) is 4.99 Å². The minimum Gasteiger partial charge on any atom is -0.372 e. The number of H-pyrrole nitrogens is 1. The van der Waals surface area contributed by atoms with Gasteiger partial charge >= 0.3 is 0 Å². The maximum atomic E-state index is 13.7. The van der Waals surface area contributed by atoms with E-state index in [1.807, 2.05) is 12.1 Å². The molecule has 1 amide bonds. The summed E-state index contributed by atoms with van der Waals surface area (Å²) in [4.78, 5) is 30.8. The first kappa shape index (κ1) is 22.8. The molecule has 184 valence electrons. The molecule has 0 aliphatic carbocycles. The van der Waals surface area contributed by atoms with Crippen LogP contribution in [-0.4, -0.2) is 82.0 Å². The van der Waals surface area contributed by atoms with Crippen LogP contribution >= 0.6 is 11.6 Å². The largest absolute Gasteiger partial charge is 0.372 e. The van der Waals surface area contributed by atoms with Crippen LogP contribution < -0.4 is 5.32 Å². The number of benzene rings is 1. The lowest BCUT2D eigenvalue weighted by Gasteiger charge is -2.44. The second-order valence-electron chi connectivity index (χ2n) is 10.5. The third-order valence-electron chi connectivity index (χ3n) is 7.48. The normalized spacial score (nSPS) is 24.5. The molecule has 0 bridgehead atoms. The number of pyridine rings is 1. The summed E-state index contributed by atoms with van der Waals surface area (Å²) in [7, 11) is 0. The number of carbonyl (C=O) groups excluding carboxylic acids is 1. The van der Waals surface area contributed by atoms with Crippen LogP contribution in [0.1, 0.15) is 33.1 Å². The van der Waals surface area contributed by atoms with Crippen molar-refractivity contribution in [1.82, 2.24) is 19.8 Å². The number of halogens is 1. The van der Waals surface area contributed by atoms with E-state index in [1.54, 1.807) is 18.5 Å². The lowest BCUT2D eigenvalue weighted by Crippen LogP contribution is -2.60. The molecule has 9 heteroatoms. The molecule has 8 nitrogen and oxygen atoms in total. The first-order valence-corrected chi connectivity index (χ1v) is 12.8. The number of aliphatic imine (C=N–C) groups is 1. The molecule has 0 saturated carbocycles. The number of piperidine rings is 1. The van der Waals surface area contributed by atoms with Crippen LogP contribution in [0, 0.1) is 0 Å².